The second kappa shape index (κ2) is 7.53. The molecule has 2 unspecified atom stereocenters. The molecule has 3 rings (SSSR count). The van der Waals surface area contributed by atoms with E-state index in [0.29, 0.717) is 22.7 Å². The third-order valence-corrected chi connectivity index (χ3v) is 5.17. The minimum Gasteiger partial charge on any atom is -0.326 e. The van der Waals surface area contributed by atoms with Crippen LogP contribution in [0.2, 0.25) is 5.02 Å². The van der Waals surface area contributed by atoms with Gasteiger partial charge in [-0.2, -0.15) is 0 Å². The second-order valence-electron chi connectivity index (χ2n) is 7.03. The van der Waals surface area contributed by atoms with Crippen LogP contribution >= 0.6 is 11.6 Å². The van der Waals surface area contributed by atoms with Crippen LogP contribution in [0.3, 0.4) is 0 Å². The molecule has 1 aliphatic carbocycles. The van der Waals surface area contributed by atoms with E-state index in [1.807, 2.05) is 19.9 Å². The molecule has 1 aliphatic rings. The van der Waals surface area contributed by atoms with E-state index in [4.69, 9.17) is 11.6 Å². The summed E-state index contributed by atoms with van der Waals surface area (Å²) < 4.78 is 13.0. The summed E-state index contributed by atoms with van der Waals surface area (Å²) in [6.07, 6.45) is 2.49. The Morgan fingerprint density at radius 3 is 2.44 bits per heavy atom. The highest BCUT2D eigenvalue weighted by Crippen LogP contribution is 2.44. The van der Waals surface area contributed by atoms with E-state index < -0.39 is 0 Å². The number of hydrogen-bond acceptors (Lipinski definition) is 2. The number of nitrogens with one attached hydrogen (secondary N) is 2. The van der Waals surface area contributed by atoms with Crippen LogP contribution in [0.25, 0.3) is 0 Å². The summed E-state index contributed by atoms with van der Waals surface area (Å²) in [7, 11) is 0. The molecular weight excluding hydrogens is 367 g/mol. The van der Waals surface area contributed by atoms with Crippen LogP contribution in [-0.2, 0) is 4.79 Å². The molecule has 0 bridgehead atoms. The minimum absolute atomic E-state index is 0.152. The van der Waals surface area contributed by atoms with Crippen LogP contribution in [0.1, 0.15) is 30.6 Å². The lowest BCUT2D eigenvalue weighted by molar-refractivity contribution is -0.122. The molecule has 140 valence electrons. The molecule has 6 heteroatoms. The number of anilines is 1. The predicted octanol–water partition coefficient (Wildman–Crippen LogP) is 4.78. The number of amides is 2. The lowest BCUT2D eigenvalue weighted by Gasteiger charge is -2.40. The Bertz CT molecular complexity index is 911. The summed E-state index contributed by atoms with van der Waals surface area (Å²) >= 11 is 5.91. The molecule has 4 nitrogen and oxygen atoms in total. The summed E-state index contributed by atoms with van der Waals surface area (Å²) in [5, 5.41) is 6.15. The second-order valence-corrected chi connectivity index (χ2v) is 7.47. The molecule has 2 amide bonds. The summed E-state index contributed by atoms with van der Waals surface area (Å²) in [6.45, 7) is 3.81. The van der Waals surface area contributed by atoms with Crippen molar-refractivity contribution in [2.24, 2.45) is 11.3 Å². The first kappa shape index (κ1) is 19.1. The number of benzene rings is 2. The van der Waals surface area contributed by atoms with Gasteiger partial charge in [0.05, 0.1) is 0 Å². The normalized spacial score (nSPS) is 19.5. The highest BCUT2D eigenvalue weighted by molar-refractivity contribution is 6.31. The predicted molar refractivity (Wildman–Crippen MR) is 104 cm³/mol. The van der Waals surface area contributed by atoms with E-state index in [2.05, 4.69) is 10.6 Å². The Morgan fingerprint density at radius 1 is 1.15 bits per heavy atom. The summed E-state index contributed by atoms with van der Waals surface area (Å²) in [6, 6.07) is 12.4. The van der Waals surface area contributed by atoms with Crippen LogP contribution < -0.4 is 10.6 Å². The number of rotatable bonds is 5. The molecule has 0 fully saturated rings. The van der Waals surface area contributed by atoms with Crippen molar-refractivity contribution in [1.82, 2.24) is 5.32 Å². The Kier molecular flexibility index (Phi) is 5.33. The van der Waals surface area contributed by atoms with E-state index >= 15 is 0 Å². The minimum atomic E-state index is -0.360. The van der Waals surface area contributed by atoms with Gasteiger partial charge in [0.2, 0.25) is 5.91 Å². The van der Waals surface area contributed by atoms with Gasteiger partial charge in [-0.3, -0.25) is 9.59 Å². The van der Waals surface area contributed by atoms with Crippen LogP contribution in [0, 0.1) is 17.2 Å². The third-order valence-electron chi connectivity index (χ3n) is 4.93. The average Bonchev–Trinajstić information content (AvgIpc) is 2.61. The Balaban J connectivity index is 1.61. The first-order chi connectivity index (χ1) is 12.8. The van der Waals surface area contributed by atoms with Gasteiger partial charge in [0.1, 0.15) is 5.82 Å². The standard InChI is InChI=1S/C21H20ClFN2O2/c1-13(19(26)24-17-8-6-16(23)7-9-17)21(2)11-18(12-21)25-20(27)14-4-3-5-15(22)10-14/h3-11,13H,12H2,1-2H3,(H,24,26)(H,25,27). The van der Waals surface area contributed by atoms with Gasteiger partial charge in [-0.05, 0) is 48.9 Å². The van der Waals surface area contributed by atoms with Crippen molar-refractivity contribution in [3.8, 4) is 0 Å². The zero-order chi connectivity index (χ0) is 19.6. The molecule has 0 saturated carbocycles. The van der Waals surface area contributed by atoms with E-state index in [1.54, 1.807) is 24.3 Å². The number of allylic oxidation sites excluding steroid dienone is 2. The zero-order valence-corrected chi connectivity index (χ0v) is 15.8. The van der Waals surface area contributed by atoms with Crippen LogP contribution in [0.5, 0.6) is 0 Å². The fourth-order valence-electron chi connectivity index (χ4n) is 3.07. The van der Waals surface area contributed by atoms with Gasteiger partial charge in [-0.25, -0.2) is 4.39 Å². The average molecular weight is 387 g/mol. The maximum Gasteiger partial charge on any atom is 0.255 e. The lowest BCUT2D eigenvalue weighted by Crippen LogP contribution is -2.42. The van der Waals surface area contributed by atoms with E-state index in [1.165, 1.54) is 24.3 Å². The molecule has 0 saturated heterocycles. The first-order valence-electron chi connectivity index (χ1n) is 8.62. The van der Waals surface area contributed by atoms with Crippen molar-refractivity contribution in [3.05, 3.63) is 76.7 Å². The van der Waals surface area contributed by atoms with Gasteiger partial charge in [-0.15, -0.1) is 0 Å². The maximum absolute atomic E-state index is 13.0. The summed E-state index contributed by atoms with van der Waals surface area (Å²) in [4.78, 5) is 24.8. The molecule has 0 aliphatic heterocycles. The third kappa shape index (κ3) is 4.37. The van der Waals surface area contributed by atoms with Gasteiger partial charge < -0.3 is 10.6 Å². The Hall–Kier alpha value is -2.66. The fourth-order valence-corrected chi connectivity index (χ4v) is 3.26. The van der Waals surface area contributed by atoms with Gasteiger partial charge in [0, 0.05) is 33.3 Å². The van der Waals surface area contributed by atoms with Crippen molar-refractivity contribution in [2.45, 2.75) is 20.3 Å². The Labute approximate surface area is 162 Å². The highest BCUT2D eigenvalue weighted by Gasteiger charge is 2.41. The van der Waals surface area contributed by atoms with Gasteiger partial charge in [-0.1, -0.05) is 37.6 Å². The molecule has 2 aromatic rings. The molecule has 0 aromatic heterocycles. The van der Waals surface area contributed by atoms with Gasteiger partial charge in [0.25, 0.3) is 5.91 Å². The zero-order valence-electron chi connectivity index (χ0n) is 15.1. The summed E-state index contributed by atoms with van der Waals surface area (Å²) in [5.74, 6) is -1.04. The maximum atomic E-state index is 13.0. The van der Waals surface area contributed by atoms with Crippen molar-refractivity contribution in [1.29, 1.82) is 0 Å². The quantitative estimate of drug-likeness (QED) is 0.777. The number of halogens is 2. The topological polar surface area (TPSA) is 58.2 Å². The SMILES string of the molecule is CC(C(=O)Nc1ccc(F)cc1)C1(C)C=C(NC(=O)c2cccc(Cl)c2)C1. The number of hydrogen-bond donors (Lipinski definition) is 2. The van der Waals surface area contributed by atoms with Crippen molar-refractivity contribution >= 4 is 29.1 Å². The van der Waals surface area contributed by atoms with Crippen LogP contribution in [-0.4, -0.2) is 11.8 Å². The molecule has 2 aromatic carbocycles. The number of carbonyl (C=O) groups is 2. The van der Waals surface area contributed by atoms with Gasteiger partial charge >= 0.3 is 0 Å². The molecule has 2 N–H and O–H groups in total. The van der Waals surface area contributed by atoms with Crippen molar-refractivity contribution < 1.29 is 14.0 Å². The van der Waals surface area contributed by atoms with Crippen molar-refractivity contribution in [3.63, 3.8) is 0 Å². The summed E-state index contributed by atoms with van der Waals surface area (Å²) in [5.41, 5.74) is 1.46. The molecule has 0 radical (unpaired) electrons. The molecular formula is C21H20ClFN2O2. The molecule has 0 spiro atoms. The largest absolute Gasteiger partial charge is 0.326 e. The first-order valence-corrected chi connectivity index (χ1v) is 9.00. The van der Waals surface area contributed by atoms with Crippen LogP contribution in [0.4, 0.5) is 10.1 Å². The lowest BCUT2D eigenvalue weighted by atomic mass is 9.66. The smallest absolute Gasteiger partial charge is 0.255 e. The van der Waals surface area contributed by atoms with E-state index in [-0.39, 0.29) is 29.0 Å². The Morgan fingerprint density at radius 2 is 1.81 bits per heavy atom. The monoisotopic (exact) mass is 386 g/mol. The fraction of sp³-hybridized carbons (Fsp3) is 0.238. The molecule has 2 atom stereocenters. The van der Waals surface area contributed by atoms with Gasteiger partial charge in [0.15, 0.2) is 0 Å². The number of carbonyl (C=O) groups excluding carboxylic acids is 2. The molecule has 27 heavy (non-hydrogen) atoms. The van der Waals surface area contributed by atoms with Crippen molar-refractivity contribution in [2.75, 3.05) is 5.32 Å². The highest BCUT2D eigenvalue weighted by atomic mass is 35.5. The molecule has 0 heterocycles. The van der Waals surface area contributed by atoms with E-state index in [9.17, 15) is 14.0 Å². The van der Waals surface area contributed by atoms with Crippen LogP contribution in [0.15, 0.2) is 60.3 Å². The van der Waals surface area contributed by atoms with E-state index in [0.717, 1.165) is 5.70 Å².